The van der Waals surface area contributed by atoms with E-state index >= 15 is 0 Å². The van der Waals surface area contributed by atoms with Crippen LogP contribution in [0.3, 0.4) is 0 Å². The van der Waals surface area contributed by atoms with Gasteiger partial charge >= 0.3 is 0 Å². The largest absolute Gasteiger partial charge is 0.380 e. The van der Waals surface area contributed by atoms with Crippen LogP contribution in [0.15, 0.2) is 0 Å². The number of hydrogen-bond donors (Lipinski definition) is 2. The lowest BCUT2D eigenvalue weighted by atomic mass is 10.2. The Morgan fingerprint density at radius 1 is 1.62 bits per heavy atom. The van der Waals surface area contributed by atoms with Gasteiger partial charge in [0.05, 0.1) is 6.10 Å². The Bertz CT molecular complexity index is 248. The zero-order chi connectivity index (χ0) is 9.84. The molecule has 6 heteroatoms. The van der Waals surface area contributed by atoms with E-state index in [0.717, 1.165) is 0 Å². The third kappa shape index (κ3) is 2.40. The summed E-state index contributed by atoms with van der Waals surface area (Å²) in [5.41, 5.74) is 11.0. The van der Waals surface area contributed by atoms with Crippen LogP contribution in [-0.4, -0.2) is 34.5 Å². The van der Waals surface area contributed by atoms with Gasteiger partial charge in [-0.2, -0.15) is 10.1 Å². The topological polar surface area (TPSA) is 92.0 Å². The smallest absolute Gasteiger partial charge is 0.218 e. The zero-order valence-corrected chi connectivity index (χ0v) is 7.90. The van der Waals surface area contributed by atoms with Gasteiger partial charge in [-0.3, -0.25) is 0 Å². The maximum atomic E-state index is 5.52. The van der Waals surface area contributed by atoms with Crippen LogP contribution >= 0.6 is 0 Å². The molecule has 0 aromatic carbocycles. The standard InChI is InChI=1S/C7H15N5O/c1-12-7(9)10-6(11-12)3-5(4-8)13-2/h5H,3-4,8H2,1-2H3,(H2,9,10,11). The van der Waals surface area contributed by atoms with Gasteiger partial charge < -0.3 is 16.2 Å². The van der Waals surface area contributed by atoms with Gasteiger partial charge in [0, 0.05) is 27.1 Å². The van der Waals surface area contributed by atoms with Crippen molar-refractivity contribution in [3.63, 3.8) is 0 Å². The molecule has 0 aliphatic rings. The highest BCUT2D eigenvalue weighted by molar-refractivity contribution is 5.15. The summed E-state index contributed by atoms with van der Waals surface area (Å²) in [5, 5.41) is 4.09. The number of anilines is 1. The maximum Gasteiger partial charge on any atom is 0.218 e. The van der Waals surface area contributed by atoms with E-state index in [1.54, 1.807) is 14.2 Å². The number of aromatic nitrogens is 3. The molecule has 6 nitrogen and oxygen atoms in total. The van der Waals surface area contributed by atoms with Crippen molar-refractivity contribution in [2.24, 2.45) is 12.8 Å². The molecule has 4 N–H and O–H groups in total. The summed E-state index contributed by atoms with van der Waals surface area (Å²) < 4.78 is 6.62. The molecule has 0 spiro atoms. The van der Waals surface area contributed by atoms with Gasteiger partial charge in [0.2, 0.25) is 5.95 Å². The first kappa shape index (κ1) is 9.94. The van der Waals surface area contributed by atoms with E-state index in [-0.39, 0.29) is 6.10 Å². The average molecular weight is 185 g/mol. The van der Waals surface area contributed by atoms with Crippen LogP contribution in [0.4, 0.5) is 5.95 Å². The van der Waals surface area contributed by atoms with Crippen LogP contribution < -0.4 is 11.5 Å². The highest BCUT2D eigenvalue weighted by Gasteiger charge is 2.10. The fourth-order valence-electron chi connectivity index (χ4n) is 1.00. The minimum absolute atomic E-state index is 0.0400. The van der Waals surface area contributed by atoms with E-state index < -0.39 is 0 Å². The number of rotatable bonds is 4. The molecular weight excluding hydrogens is 170 g/mol. The molecule has 0 aliphatic carbocycles. The van der Waals surface area contributed by atoms with Gasteiger partial charge in [0.1, 0.15) is 0 Å². The Morgan fingerprint density at radius 3 is 2.69 bits per heavy atom. The molecule has 0 bridgehead atoms. The number of nitrogens with two attached hydrogens (primary N) is 2. The lowest BCUT2D eigenvalue weighted by Crippen LogP contribution is -2.25. The summed E-state index contributed by atoms with van der Waals surface area (Å²) in [6.07, 6.45) is 0.555. The first-order chi connectivity index (χ1) is 6.17. The SMILES string of the molecule is COC(CN)Cc1nc(N)n(C)n1. The molecular formula is C7H15N5O. The normalized spacial score (nSPS) is 13.2. The molecule has 0 fully saturated rings. The minimum Gasteiger partial charge on any atom is -0.380 e. The molecule has 0 saturated carbocycles. The Kier molecular flexibility index (Phi) is 3.21. The lowest BCUT2D eigenvalue weighted by molar-refractivity contribution is 0.108. The predicted octanol–water partition coefficient (Wildman–Crippen LogP) is -1.09. The Morgan fingerprint density at radius 2 is 2.31 bits per heavy atom. The molecule has 0 amide bonds. The van der Waals surface area contributed by atoms with Crippen molar-refractivity contribution < 1.29 is 4.74 Å². The second kappa shape index (κ2) is 4.20. The minimum atomic E-state index is -0.0400. The summed E-state index contributed by atoms with van der Waals surface area (Å²) in [6.45, 7) is 0.453. The molecule has 1 aromatic heterocycles. The molecule has 0 aliphatic heterocycles. The number of methoxy groups -OCH3 is 1. The molecule has 0 saturated heterocycles. The van der Waals surface area contributed by atoms with E-state index in [2.05, 4.69) is 10.1 Å². The molecule has 1 rings (SSSR count). The van der Waals surface area contributed by atoms with Gasteiger partial charge in [-0.15, -0.1) is 0 Å². The van der Waals surface area contributed by atoms with Crippen LogP contribution in [0.25, 0.3) is 0 Å². The predicted molar refractivity (Wildman–Crippen MR) is 49.0 cm³/mol. The van der Waals surface area contributed by atoms with Crippen LogP contribution in [0, 0.1) is 0 Å². The van der Waals surface area contributed by atoms with Crippen LogP contribution in [0.5, 0.6) is 0 Å². The summed E-state index contributed by atoms with van der Waals surface area (Å²) in [5.74, 6) is 1.07. The number of aryl methyl sites for hydroxylation is 1. The third-order valence-corrected chi connectivity index (χ3v) is 1.85. The fraction of sp³-hybridized carbons (Fsp3) is 0.714. The van der Waals surface area contributed by atoms with E-state index in [0.29, 0.717) is 24.7 Å². The summed E-state index contributed by atoms with van der Waals surface area (Å²) in [7, 11) is 3.36. The van der Waals surface area contributed by atoms with Gasteiger partial charge in [0.25, 0.3) is 0 Å². The van der Waals surface area contributed by atoms with Crippen molar-refractivity contribution in [2.75, 3.05) is 19.4 Å². The number of nitrogens with zero attached hydrogens (tertiary/aromatic N) is 3. The van der Waals surface area contributed by atoms with E-state index in [1.165, 1.54) is 4.68 Å². The molecule has 1 heterocycles. The number of ether oxygens (including phenoxy) is 1. The quantitative estimate of drug-likeness (QED) is 0.622. The first-order valence-electron chi connectivity index (χ1n) is 4.05. The number of hydrogen-bond acceptors (Lipinski definition) is 5. The number of nitrogen functional groups attached to an aromatic ring is 1. The molecule has 1 unspecified atom stereocenters. The molecule has 1 aromatic rings. The van der Waals surface area contributed by atoms with Crippen LogP contribution in [0.2, 0.25) is 0 Å². The van der Waals surface area contributed by atoms with E-state index in [9.17, 15) is 0 Å². The molecule has 74 valence electrons. The van der Waals surface area contributed by atoms with Gasteiger partial charge in [-0.25, -0.2) is 4.68 Å². The Balaban J connectivity index is 2.62. The second-order valence-electron chi connectivity index (χ2n) is 2.81. The molecule has 13 heavy (non-hydrogen) atoms. The van der Waals surface area contributed by atoms with Crippen molar-refractivity contribution in [1.29, 1.82) is 0 Å². The average Bonchev–Trinajstić information content (AvgIpc) is 2.42. The zero-order valence-electron chi connectivity index (χ0n) is 7.90. The first-order valence-corrected chi connectivity index (χ1v) is 4.05. The van der Waals surface area contributed by atoms with Crippen molar-refractivity contribution >= 4 is 5.95 Å². The highest BCUT2D eigenvalue weighted by Crippen LogP contribution is 2.02. The van der Waals surface area contributed by atoms with Crippen molar-refractivity contribution in [3.05, 3.63) is 5.82 Å². The second-order valence-corrected chi connectivity index (χ2v) is 2.81. The van der Waals surface area contributed by atoms with Crippen LogP contribution in [-0.2, 0) is 18.2 Å². The Hall–Kier alpha value is -1.14. The molecule has 0 radical (unpaired) electrons. The van der Waals surface area contributed by atoms with E-state index in [4.69, 9.17) is 16.2 Å². The third-order valence-electron chi connectivity index (χ3n) is 1.85. The fourth-order valence-corrected chi connectivity index (χ4v) is 1.00. The molecule has 1 atom stereocenters. The van der Waals surface area contributed by atoms with Gasteiger partial charge in [-0.1, -0.05) is 0 Å². The summed E-state index contributed by atoms with van der Waals surface area (Å²) in [6, 6.07) is 0. The van der Waals surface area contributed by atoms with Gasteiger partial charge in [0.15, 0.2) is 5.82 Å². The Labute approximate surface area is 76.9 Å². The lowest BCUT2D eigenvalue weighted by Gasteiger charge is -2.09. The monoisotopic (exact) mass is 185 g/mol. The van der Waals surface area contributed by atoms with Crippen molar-refractivity contribution in [2.45, 2.75) is 12.5 Å². The van der Waals surface area contributed by atoms with E-state index in [1.807, 2.05) is 0 Å². The highest BCUT2D eigenvalue weighted by atomic mass is 16.5. The van der Waals surface area contributed by atoms with Crippen molar-refractivity contribution in [1.82, 2.24) is 14.8 Å². The maximum absolute atomic E-state index is 5.52. The summed E-state index contributed by atoms with van der Waals surface area (Å²) in [4.78, 5) is 4.04. The van der Waals surface area contributed by atoms with Crippen molar-refractivity contribution in [3.8, 4) is 0 Å². The van der Waals surface area contributed by atoms with Gasteiger partial charge in [-0.05, 0) is 0 Å². The van der Waals surface area contributed by atoms with Crippen LogP contribution in [0.1, 0.15) is 5.82 Å². The summed E-state index contributed by atoms with van der Waals surface area (Å²) >= 11 is 0.